The Bertz CT molecular complexity index is 564. The lowest BCUT2D eigenvalue weighted by Gasteiger charge is -2.14. The van der Waals surface area contributed by atoms with E-state index in [0.717, 1.165) is 12.8 Å². The molecular formula is C12H16N2O4S. The zero-order valence-corrected chi connectivity index (χ0v) is 11.3. The molecule has 1 unspecified atom stereocenters. The molecule has 0 aliphatic heterocycles. The normalized spacial score (nSPS) is 16.9. The van der Waals surface area contributed by atoms with E-state index in [2.05, 4.69) is 10.0 Å². The van der Waals surface area contributed by atoms with Gasteiger partial charge >= 0.3 is 0 Å². The predicted octanol–water partition coefficient (Wildman–Crippen LogP) is 0.338. The minimum absolute atomic E-state index is 0.0105. The quantitative estimate of drug-likeness (QED) is 0.726. The molecule has 1 aliphatic rings. The summed E-state index contributed by atoms with van der Waals surface area (Å²) in [6.07, 6.45) is 1.90. The molecule has 6 nitrogen and oxygen atoms in total. The second kappa shape index (κ2) is 5.18. The van der Waals surface area contributed by atoms with Crippen LogP contribution in [-0.2, 0) is 14.8 Å². The van der Waals surface area contributed by atoms with Crippen molar-refractivity contribution in [3.63, 3.8) is 0 Å². The highest BCUT2D eigenvalue weighted by molar-refractivity contribution is 7.89. The Morgan fingerprint density at radius 1 is 1.32 bits per heavy atom. The Morgan fingerprint density at radius 2 is 1.89 bits per heavy atom. The van der Waals surface area contributed by atoms with E-state index in [1.165, 1.54) is 31.2 Å². The third-order valence-corrected chi connectivity index (χ3v) is 4.35. The number of nitrogens with one attached hydrogen (secondary N) is 2. The summed E-state index contributed by atoms with van der Waals surface area (Å²) in [5, 5.41) is 11.9. The second-order valence-electron chi connectivity index (χ2n) is 4.62. The zero-order chi connectivity index (χ0) is 14.0. The molecule has 2 rings (SSSR count). The molecule has 0 saturated heterocycles. The van der Waals surface area contributed by atoms with Crippen molar-refractivity contribution >= 4 is 15.9 Å². The monoisotopic (exact) mass is 284 g/mol. The maximum Gasteiger partial charge on any atom is 0.241 e. The van der Waals surface area contributed by atoms with E-state index in [1.54, 1.807) is 0 Å². The highest BCUT2D eigenvalue weighted by Crippen LogP contribution is 2.19. The highest BCUT2D eigenvalue weighted by atomic mass is 32.2. The second-order valence-corrected chi connectivity index (χ2v) is 6.33. The number of hydrogen-bond donors (Lipinski definition) is 3. The maximum atomic E-state index is 12.0. The van der Waals surface area contributed by atoms with Crippen LogP contribution in [-0.4, -0.2) is 31.5 Å². The number of sulfonamides is 1. The van der Waals surface area contributed by atoms with E-state index >= 15 is 0 Å². The minimum atomic E-state index is -3.76. The predicted molar refractivity (Wildman–Crippen MR) is 69.1 cm³/mol. The lowest BCUT2D eigenvalue weighted by atomic mass is 10.3. The molecule has 1 aliphatic carbocycles. The van der Waals surface area contributed by atoms with Crippen molar-refractivity contribution in [2.24, 2.45) is 0 Å². The summed E-state index contributed by atoms with van der Waals surface area (Å²) in [6.45, 7) is 1.50. The van der Waals surface area contributed by atoms with E-state index in [9.17, 15) is 13.2 Å². The van der Waals surface area contributed by atoms with Crippen molar-refractivity contribution in [3.05, 3.63) is 24.3 Å². The third kappa shape index (κ3) is 3.68. The van der Waals surface area contributed by atoms with Crippen LogP contribution in [0, 0.1) is 0 Å². The summed E-state index contributed by atoms with van der Waals surface area (Å²) >= 11 is 0. The van der Waals surface area contributed by atoms with Crippen LogP contribution < -0.4 is 10.0 Å². The van der Waals surface area contributed by atoms with E-state index in [0.29, 0.717) is 0 Å². The number of phenolic OH excluding ortho intramolecular Hbond substituents is 1. The van der Waals surface area contributed by atoms with Crippen LogP contribution in [0.15, 0.2) is 29.2 Å². The summed E-state index contributed by atoms with van der Waals surface area (Å²) in [5.74, 6) is -0.344. The smallest absolute Gasteiger partial charge is 0.241 e. The van der Waals surface area contributed by atoms with Crippen LogP contribution in [0.25, 0.3) is 0 Å². The molecule has 1 saturated carbocycles. The first-order chi connectivity index (χ1) is 8.88. The first-order valence-electron chi connectivity index (χ1n) is 6.00. The van der Waals surface area contributed by atoms with Crippen LogP contribution in [0.5, 0.6) is 5.75 Å². The Kier molecular flexibility index (Phi) is 3.77. The van der Waals surface area contributed by atoms with E-state index in [-0.39, 0.29) is 22.6 Å². The Hall–Kier alpha value is -1.60. The number of rotatable bonds is 5. The third-order valence-electron chi connectivity index (χ3n) is 2.80. The molecule has 0 radical (unpaired) electrons. The molecule has 0 spiro atoms. The van der Waals surface area contributed by atoms with Gasteiger partial charge in [0.15, 0.2) is 0 Å². The molecular weight excluding hydrogens is 268 g/mol. The van der Waals surface area contributed by atoms with Crippen LogP contribution in [0.4, 0.5) is 0 Å². The van der Waals surface area contributed by atoms with E-state index in [4.69, 9.17) is 5.11 Å². The van der Waals surface area contributed by atoms with Crippen molar-refractivity contribution < 1.29 is 18.3 Å². The van der Waals surface area contributed by atoms with E-state index < -0.39 is 16.1 Å². The molecule has 19 heavy (non-hydrogen) atoms. The van der Waals surface area contributed by atoms with Crippen molar-refractivity contribution in [2.75, 3.05) is 0 Å². The van der Waals surface area contributed by atoms with Crippen LogP contribution in [0.1, 0.15) is 19.8 Å². The average molecular weight is 284 g/mol. The van der Waals surface area contributed by atoms with Gasteiger partial charge in [-0.05, 0) is 44.0 Å². The van der Waals surface area contributed by atoms with Gasteiger partial charge in [-0.25, -0.2) is 8.42 Å². The fourth-order valence-electron chi connectivity index (χ4n) is 1.53. The Balaban J connectivity index is 2.03. The number of aromatic hydroxyl groups is 1. The molecule has 1 atom stereocenters. The molecule has 1 fully saturated rings. The Labute approximate surface area is 111 Å². The standard InChI is InChI=1S/C12H16N2O4S/c1-8(12(16)13-9-2-3-9)14-19(17,18)11-6-4-10(15)5-7-11/h4-9,14-15H,2-3H2,1H3,(H,13,16). The minimum Gasteiger partial charge on any atom is -0.508 e. The fourth-order valence-corrected chi connectivity index (χ4v) is 2.74. The van der Waals surface area contributed by atoms with Gasteiger partial charge in [-0.1, -0.05) is 0 Å². The molecule has 1 aromatic carbocycles. The van der Waals surface area contributed by atoms with Gasteiger partial charge in [-0.2, -0.15) is 4.72 Å². The number of amides is 1. The lowest BCUT2D eigenvalue weighted by molar-refractivity contribution is -0.122. The molecule has 1 amide bonds. The summed E-state index contributed by atoms with van der Waals surface area (Å²) in [4.78, 5) is 11.7. The zero-order valence-electron chi connectivity index (χ0n) is 10.5. The fraction of sp³-hybridized carbons (Fsp3) is 0.417. The summed E-state index contributed by atoms with van der Waals surface area (Å²) in [5.41, 5.74) is 0. The molecule has 3 N–H and O–H groups in total. The molecule has 1 aromatic rings. The van der Waals surface area contributed by atoms with Crippen LogP contribution >= 0.6 is 0 Å². The van der Waals surface area contributed by atoms with Crippen molar-refractivity contribution in [1.82, 2.24) is 10.0 Å². The Morgan fingerprint density at radius 3 is 2.42 bits per heavy atom. The van der Waals surface area contributed by atoms with Crippen molar-refractivity contribution in [1.29, 1.82) is 0 Å². The number of carbonyl (C=O) groups is 1. The van der Waals surface area contributed by atoms with Crippen LogP contribution in [0.2, 0.25) is 0 Å². The van der Waals surface area contributed by atoms with Crippen molar-refractivity contribution in [3.8, 4) is 5.75 Å². The highest BCUT2D eigenvalue weighted by Gasteiger charge is 2.27. The van der Waals surface area contributed by atoms with Gasteiger partial charge in [0.25, 0.3) is 0 Å². The number of hydrogen-bond acceptors (Lipinski definition) is 4. The summed E-state index contributed by atoms with van der Waals surface area (Å²) in [7, 11) is -3.76. The van der Waals surface area contributed by atoms with Gasteiger partial charge in [0.05, 0.1) is 10.9 Å². The van der Waals surface area contributed by atoms with Gasteiger partial charge in [-0.15, -0.1) is 0 Å². The van der Waals surface area contributed by atoms with Gasteiger partial charge in [0.1, 0.15) is 5.75 Å². The van der Waals surface area contributed by atoms with Gasteiger partial charge in [0, 0.05) is 6.04 Å². The number of benzene rings is 1. The molecule has 7 heteroatoms. The van der Waals surface area contributed by atoms with Gasteiger partial charge in [0.2, 0.25) is 15.9 Å². The van der Waals surface area contributed by atoms with Gasteiger partial charge < -0.3 is 10.4 Å². The topological polar surface area (TPSA) is 95.5 Å². The molecule has 104 valence electrons. The van der Waals surface area contributed by atoms with Crippen molar-refractivity contribution in [2.45, 2.75) is 36.7 Å². The SMILES string of the molecule is CC(NS(=O)(=O)c1ccc(O)cc1)C(=O)NC1CC1. The van der Waals surface area contributed by atoms with E-state index in [1.807, 2.05) is 0 Å². The van der Waals surface area contributed by atoms with Crippen LogP contribution in [0.3, 0.4) is 0 Å². The number of phenols is 1. The average Bonchev–Trinajstić information content (AvgIpc) is 3.12. The lowest BCUT2D eigenvalue weighted by Crippen LogP contribution is -2.45. The molecule has 0 heterocycles. The molecule has 0 bridgehead atoms. The maximum absolute atomic E-state index is 12.0. The van der Waals surface area contributed by atoms with Gasteiger partial charge in [-0.3, -0.25) is 4.79 Å². The first kappa shape index (κ1) is 13.8. The summed E-state index contributed by atoms with van der Waals surface area (Å²) < 4.78 is 26.3. The summed E-state index contributed by atoms with van der Waals surface area (Å²) in [6, 6.07) is 4.48. The largest absolute Gasteiger partial charge is 0.508 e. The molecule has 0 aromatic heterocycles. The first-order valence-corrected chi connectivity index (χ1v) is 7.48. The number of carbonyl (C=O) groups excluding carboxylic acids is 1.